The lowest BCUT2D eigenvalue weighted by Crippen LogP contribution is -2.50. The first-order chi connectivity index (χ1) is 10.00. The Bertz CT molecular complexity index is 632. The van der Waals surface area contributed by atoms with Gasteiger partial charge in [0, 0.05) is 0 Å². The summed E-state index contributed by atoms with van der Waals surface area (Å²) in [5.74, 6) is 0.705. The fourth-order valence-corrected chi connectivity index (χ4v) is 2.00. The van der Waals surface area contributed by atoms with Crippen molar-refractivity contribution < 1.29 is 9.32 Å². The van der Waals surface area contributed by atoms with E-state index >= 15 is 0 Å². The largest absolute Gasteiger partial charge is 0.334 e. The van der Waals surface area contributed by atoms with E-state index in [1.807, 2.05) is 32.0 Å². The summed E-state index contributed by atoms with van der Waals surface area (Å²) in [6.07, 6.45) is 1.13. The fraction of sp³-hybridized carbons (Fsp3) is 0.400. The zero-order valence-corrected chi connectivity index (χ0v) is 12.5. The number of nitrogens with two attached hydrogens (primary N) is 1. The minimum absolute atomic E-state index is 0.212. The number of nitrogens with one attached hydrogen (secondary N) is 1. The summed E-state index contributed by atoms with van der Waals surface area (Å²) in [7, 11) is 0. The Morgan fingerprint density at radius 3 is 2.57 bits per heavy atom. The molecule has 0 aliphatic carbocycles. The number of aryl methyl sites for hydroxylation is 1. The van der Waals surface area contributed by atoms with E-state index in [1.165, 1.54) is 0 Å². The van der Waals surface area contributed by atoms with E-state index < -0.39 is 5.54 Å². The Kier molecular flexibility index (Phi) is 4.37. The molecule has 1 heterocycles. The van der Waals surface area contributed by atoms with Crippen molar-refractivity contribution in [3.63, 3.8) is 0 Å². The molecule has 2 aromatic rings. The van der Waals surface area contributed by atoms with Crippen LogP contribution in [-0.2, 0) is 4.79 Å². The molecule has 0 saturated carbocycles. The van der Waals surface area contributed by atoms with E-state index in [4.69, 9.17) is 10.3 Å². The lowest BCUT2D eigenvalue weighted by atomic mass is 9.93. The Balaban J connectivity index is 2.31. The third-order valence-electron chi connectivity index (χ3n) is 3.65. The van der Waals surface area contributed by atoms with E-state index in [1.54, 1.807) is 13.0 Å². The molecule has 1 aromatic heterocycles. The van der Waals surface area contributed by atoms with Crippen LogP contribution in [0.25, 0.3) is 11.5 Å². The molecule has 6 nitrogen and oxygen atoms in total. The average Bonchev–Trinajstić information content (AvgIpc) is 2.93. The second-order valence-corrected chi connectivity index (χ2v) is 5.01. The fourth-order valence-electron chi connectivity index (χ4n) is 2.00. The number of carbonyl (C=O) groups is 1. The maximum atomic E-state index is 12.4. The van der Waals surface area contributed by atoms with E-state index in [0.717, 1.165) is 0 Å². The molecule has 0 bridgehead atoms. The number of rotatable bonds is 5. The quantitative estimate of drug-likeness (QED) is 0.881. The van der Waals surface area contributed by atoms with E-state index in [-0.39, 0.29) is 5.91 Å². The van der Waals surface area contributed by atoms with Gasteiger partial charge in [0.05, 0.1) is 16.8 Å². The van der Waals surface area contributed by atoms with Crippen LogP contribution < -0.4 is 11.1 Å². The Morgan fingerprint density at radius 2 is 2.00 bits per heavy atom. The van der Waals surface area contributed by atoms with E-state index in [9.17, 15) is 4.79 Å². The van der Waals surface area contributed by atoms with Crippen molar-refractivity contribution >= 4 is 11.6 Å². The Labute approximate surface area is 123 Å². The molecule has 0 aliphatic heterocycles. The van der Waals surface area contributed by atoms with Crippen molar-refractivity contribution in [1.82, 2.24) is 10.1 Å². The molecule has 0 unspecified atom stereocenters. The normalized spacial score (nSPS) is 11.4. The van der Waals surface area contributed by atoms with Crippen LogP contribution in [0, 0.1) is 6.92 Å². The molecule has 1 aromatic carbocycles. The van der Waals surface area contributed by atoms with Gasteiger partial charge in [-0.15, -0.1) is 0 Å². The summed E-state index contributed by atoms with van der Waals surface area (Å²) in [5.41, 5.74) is 6.54. The number of benzene rings is 1. The van der Waals surface area contributed by atoms with Crippen LogP contribution in [0.5, 0.6) is 0 Å². The first kappa shape index (κ1) is 15.2. The summed E-state index contributed by atoms with van der Waals surface area (Å²) in [6.45, 7) is 5.54. The zero-order chi connectivity index (χ0) is 15.5. The van der Waals surface area contributed by atoms with Crippen molar-refractivity contribution in [2.45, 2.75) is 39.2 Å². The highest BCUT2D eigenvalue weighted by Gasteiger charge is 2.30. The van der Waals surface area contributed by atoms with Crippen LogP contribution in [0.2, 0.25) is 0 Å². The average molecular weight is 288 g/mol. The van der Waals surface area contributed by atoms with Gasteiger partial charge in [-0.1, -0.05) is 31.1 Å². The lowest BCUT2D eigenvalue weighted by molar-refractivity contribution is -0.121. The zero-order valence-electron chi connectivity index (χ0n) is 12.5. The molecule has 0 radical (unpaired) electrons. The number of aromatic nitrogens is 2. The van der Waals surface area contributed by atoms with Crippen molar-refractivity contribution in [2.24, 2.45) is 5.73 Å². The molecule has 0 saturated heterocycles. The first-order valence-electron chi connectivity index (χ1n) is 7.00. The van der Waals surface area contributed by atoms with Crippen LogP contribution in [-0.4, -0.2) is 21.6 Å². The predicted octanol–water partition coefficient (Wildman–Crippen LogP) is 2.50. The summed E-state index contributed by atoms with van der Waals surface area (Å²) in [4.78, 5) is 16.6. The number of hydrogen-bond acceptors (Lipinski definition) is 5. The number of para-hydroxylation sites is 1. The van der Waals surface area contributed by atoms with Gasteiger partial charge in [-0.25, -0.2) is 0 Å². The van der Waals surface area contributed by atoms with Crippen LogP contribution in [0.1, 0.15) is 32.5 Å². The topological polar surface area (TPSA) is 94.0 Å². The van der Waals surface area contributed by atoms with Crippen molar-refractivity contribution in [1.29, 1.82) is 0 Å². The van der Waals surface area contributed by atoms with E-state index in [0.29, 0.717) is 35.8 Å². The monoisotopic (exact) mass is 288 g/mol. The first-order valence-corrected chi connectivity index (χ1v) is 7.00. The van der Waals surface area contributed by atoms with Gasteiger partial charge in [0.2, 0.25) is 5.91 Å². The molecule has 3 N–H and O–H groups in total. The SMILES string of the molecule is CCC(N)(CC)C(=O)Nc1ccccc1-c1nc(C)no1. The summed E-state index contributed by atoms with van der Waals surface area (Å²) < 4.78 is 5.17. The highest BCUT2D eigenvalue weighted by Crippen LogP contribution is 2.27. The van der Waals surface area contributed by atoms with E-state index in [2.05, 4.69) is 15.5 Å². The summed E-state index contributed by atoms with van der Waals surface area (Å²) in [5, 5.41) is 6.64. The second kappa shape index (κ2) is 6.05. The molecular formula is C15H20N4O2. The van der Waals surface area contributed by atoms with Crippen molar-refractivity contribution in [3.05, 3.63) is 30.1 Å². The number of nitrogens with zero attached hydrogens (tertiary/aromatic N) is 2. The minimum atomic E-state index is -0.877. The molecule has 1 amide bonds. The molecule has 0 fully saturated rings. The maximum absolute atomic E-state index is 12.4. The molecule has 0 spiro atoms. The Morgan fingerprint density at radius 1 is 1.33 bits per heavy atom. The van der Waals surface area contributed by atoms with Gasteiger partial charge in [-0.05, 0) is 31.9 Å². The maximum Gasteiger partial charge on any atom is 0.260 e. The summed E-state index contributed by atoms with van der Waals surface area (Å²) >= 11 is 0. The molecule has 21 heavy (non-hydrogen) atoms. The number of anilines is 1. The Hall–Kier alpha value is -2.21. The van der Waals surface area contributed by atoms with Crippen LogP contribution in [0.4, 0.5) is 5.69 Å². The molecular weight excluding hydrogens is 268 g/mol. The minimum Gasteiger partial charge on any atom is -0.334 e. The van der Waals surface area contributed by atoms with Crippen LogP contribution >= 0.6 is 0 Å². The smallest absolute Gasteiger partial charge is 0.260 e. The number of amides is 1. The highest BCUT2D eigenvalue weighted by molar-refractivity contribution is 6.00. The number of hydrogen-bond donors (Lipinski definition) is 2. The van der Waals surface area contributed by atoms with Gasteiger partial charge in [0.1, 0.15) is 0 Å². The van der Waals surface area contributed by atoms with Gasteiger partial charge in [-0.3, -0.25) is 4.79 Å². The van der Waals surface area contributed by atoms with Gasteiger partial charge in [-0.2, -0.15) is 4.98 Å². The summed E-state index contributed by atoms with van der Waals surface area (Å²) in [6, 6.07) is 7.29. The predicted molar refractivity (Wildman–Crippen MR) is 80.6 cm³/mol. The highest BCUT2D eigenvalue weighted by atomic mass is 16.5. The van der Waals surface area contributed by atoms with Crippen molar-refractivity contribution in [3.8, 4) is 11.5 Å². The molecule has 2 rings (SSSR count). The van der Waals surface area contributed by atoms with Crippen LogP contribution in [0.3, 0.4) is 0 Å². The van der Waals surface area contributed by atoms with Gasteiger partial charge < -0.3 is 15.6 Å². The van der Waals surface area contributed by atoms with Crippen molar-refractivity contribution in [2.75, 3.05) is 5.32 Å². The van der Waals surface area contributed by atoms with Gasteiger partial charge >= 0.3 is 0 Å². The number of carbonyl (C=O) groups excluding carboxylic acids is 1. The second-order valence-electron chi connectivity index (χ2n) is 5.01. The van der Waals surface area contributed by atoms with Gasteiger partial charge in [0.25, 0.3) is 5.89 Å². The molecule has 0 aliphatic rings. The lowest BCUT2D eigenvalue weighted by Gasteiger charge is -2.25. The third-order valence-corrected chi connectivity index (χ3v) is 3.65. The van der Waals surface area contributed by atoms with Gasteiger partial charge in [0.15, 0.2) is 5.82 Å². The molecule has 0 atom stereocenters. The third kappa shape index (κ3) is 3.11. The standard InChI is InChI=1S/C15H20N4O2/c1-4-15(16,5-2)14(20)18-12-9-7-6-8-11(12)13-17-10(3)19-21-13/h6-9H,4-5,16H2,1-3H3,(H,18,20). The van der Waals surface area contributed by atoms with Crippen LogP contribution in [0.15, 0.2) is 28.8 Å². The molecule has 112 valence electrons. The molecule has 6 heteroatoms.